The maximum Gasteiger partial charge on any atom is 0.178 e. The summed E-state index contributed by atoms with van der Waals surface area (Å²) in [6, 6.07) is 39.0. The summed E-state index contributed by atoms with van der Waals surface area (Å²) >= 11 is 0. The third kappa shape index (κ3) is 5.64. The number of rotatable bonds is 8. The van der Waals surface area contributed by atoms with Crippen LogP contribution in [-0.4, -0.2) is 19.5 Å². The second-order valence-electron chi connectivity index (χ2n) is 7.35. The zero-order chi connectivity index (χ0) is 19.7. The summed E-state index contributed by atoms with van der Waals surface area (Å²) in [6.07, 6.45) is 1.97. The molecule has 144 valence electrons. The Balaban J connectivity index is 1.41. The Morgan fingerprint density at radius 1 is 0.448 bits per heavy atom. The summed E-state index contributed by atoms with van der Waals surface area (Å²) < 4.78 is 6.44. The van der Waals surface area contributed by atoms with Crippen LogP contribution in [-0.2, 0) is 17.0 Å². The molecule has 0 unspecified atom stereocenters. The molecule has 0 aliphatic heterocycles. The molecule has 0 bridgehead atoms. The summed E-state index contributed by atoms with van der Waals surface area (Å²) in [5.74, 6) is 0. The SMILES string of the molecule is c1ccc(Cc2ccccc2[SiH2]O[SiH2]c2ccccc2Cc2ccccc2)cc1. The molecule has 1 nitrogen and oxygen atoms in total. The van der Waals surface area contributed by atoms with Gasteiger partial charge in [-0.25, -0.2) is 0 Å². The van der Waals surface area contributed by atoms with Gasteiger partial charge in [0.1, 0.15) is 0 Å². The van der Waals surface area contributed by atoms with Crippen LogP contribution < -0.4 is 10.4 Å². The highest BCUT2D eigenvalue weighted by Gasteiger charge is 2.07. The minimum Gasteiger partial charge on any atom is -0.458 e. The Bertz CT molecular complexity index is 948. The third-order valence-corrected chi connectivity index (χ3v) is 8.86. The molecule has 0 aliphatic carbocycles. The standard InChI is InChI=1S/C26H26OSi2/c1-3-11-21(12-4-1)19-23-15-7-9-17-25(23)28-27-29-26-18-10-8-16-24(26)20-22-13-5-2-6-14-22/h1-18H,19-20,28-29H2. The number of hydrogen-bond acceptors (Lipinski definition) is 1. The number of benzene rings is 4. The topological polar surface area (TPSA) is 9.23 Å². The third-order valence-electron chi connectivity index (χ3n) is 5.23. The molecule has 4 aromatic carbocycles. The van der Waals surface area contributed by atoms with Crippen molar-refractivity contribution in [3.63, 3.8) is 0 Å². The van der Waals surface area contributed by atoms with Gasteiger partial charge in [-0.3, -0.25) is 0 Å². The van der Waals surface area contributed by atoms with Gasteiger partial charge >= 0.3 is 0 Å². The minimum atomic E-state index is -0.725. The maximum absolute atomic E-state index is 6.44. The Morgan fingerprint density at radius 2 is 0.828 bits per heavy atom. The van der Waals surface area contributed by atoms with Gasteiger partial charge in [0.05, 0.1) is 0 Å². The average Bonchev–Trinajstić information content (AvgIpc) is 2.78. The first kappa shape index (κ1) is 19.6. The van der Waals surface area contributed by atoms with E-state index in [2.05, 4.69) is 109 Å². The van der Waals surface area contributed by atoms with Gasteiger partial charge in [-0.15, -0.1) is 0 Å². The fourth-order valence-corrected chi connectivity index (χ4v) is 7.13. The molecule has 0 radical (unpaired) electrons. The predicted molar refractivity (Wildman–Crippen MR) is 129 cm³/mol. The second-order valence-corrected chi connectivity index (χ2v) is 11.1. The van der Waals surface area contributed by atoms with Crippen molar-refractivity contribution in [3.05, 3.63) is 131 Å². The van der Waals surface area contributed by atoms with Crippen molar-refractivity contribution < 1.29 is 4.12 Å². The molecule has 0 amide bonds. The molecule has 0 N–H and O–H groups in total. The van der Waals surface area contributed by atoms with E-state index >= 15 is 0 Å². The quantitative estimate of drug-likeness (QED) is 0.406. The first-order valence-corrected chi connectivity index (χ1v) is 12.7. The molecular weight excluding hydrogens is 384 g/mol. The largest absolute Gasteiger partial charge is 0.458 e. The fraction of sp³-hybridized carbons (Fsp3) is 0.0769. The van der Waals surface area contributed by atoms with E-state index in [0.717, 1.165) is 12.8 Å². The Hall–Kier alpha value is -2.73. The van der Waals surface area contributed by atoms with E-state index in [1.807, 2.05) is 0 Å². The number of hydrogen-bond donors (Lipinski definition) is 0. The lowest BCUT2D eigenvalue weighted by molar-refractivity contribution is 0.662. The van der Waals surface area contributed by atoms with Crippen molar-refractivity contribution in [2.24, 2.45) is 0 Å². The molecule has 0 saturated carbocycles. The van der Waals surface area contributed by atoms with Crippen molar-refractivity contribution in [3.8, 4) is 0 Å². The van der Waals surface area contributed by atoms with Gasteiger partial charge in [0.25, 0.3) is 0 Å². The predicted octanol–water partition coefficient (Wildman–Crippen LogP) is 3.00. The van der Waals surface area contributed by atoms with Crippen LogP contribution in [0.25, 0.3) is 0 Å². The maximum atomic E-state index is 6.44. The van der Waals surface area contributed by atoms with Gasteiger partial charge in [-0.05, 0) is 45.5 Å². The van der Waals surface area contributed by atoms with Crippen molar-refractivity contribution in [1.82, 2.24) is 0 Å². The molecular formula is C26H26OSi2. The van der Waals surface area contributed by atoms with Gasteiger partial charge < -0.3 is 4.12 Å². The fourth-order valence-electron chi connectivity index (χ4n) is 3.64. The highest BCUT2D eigenvalue weighted by atomic mass is 28.3. The van der Waals surface area contributed by atoms with E-state index in [-0.39, 0.29) is 0 Å². The molecule has 0 atom stereocenters. The Morgan fingerprint density at radius 3 is 1.28 bits per heavy atom. The van der Waals surface area contributed by atoms with Crippen LogP contribution >= 0.6 is 0 Å². The first-order valence-electron chi connectivity index (χ1n) is 10.2. The Labute approximate surface area is 178 Å². The van der Waals surface area contributed by atoms with E-state index in [9.17, 15) is 0 Å². The van der Waals surface area contributed by atoms with Gasteiger partial charge in [0.2, 0.25) is 0 Å². The smallest absolute Gasteiger partial charge is 0.178 e. The lowest BCUT2D eigenvalue weighted by atomic mass is 10.1. The Kier molecular flexibility index (Phi) is 6.87. The van der Waals surface area contributed by atoms with Crippen LogP contribution in [0.1, 0.15) is 22.3 Å². The molecule has 29 heavy (non-hydrogen) atoms. The molecule has 0 saturated heterocycles. The zero-order valence-corrected chi connectivity index (χ0v) is 19.5. The summed E-state index contributed by atoms with van der Waals surface area (Å²) in [5, 5.41) is 2.87. The zero-order valence-electron chi connectivity index (χ0n) is 16.6. The van der Waals surface area contributed by atoms with Crippen molar-refractivity contribution in [2.45, 2.75) is 12.8 Å². The molecule has 0 aliphatic rings. The molecule has 4 rings (SSSR count). The van der Waals surface area contributed by atoms with Crippen LogP contribution in [0.3, 0.4) is 0 Å². The summed E-state index contributed by atoms with van der Waals surface area (Å²) in [6.45, 7) is 0. The molecule has 0 spiro atoms. The van der Waals surface area contributed by atoms with Crippen molar-refractivity contribution in [2.75, 3.05) is 0 Å². The normalized spacial score (nSPS) is 11.6. The van der Waals surface area contributed by atoms with Crippen LogP contribution in [0.5, 0.6) is 0 Å². The minimum absolute atomic E-state index is 0.725. The van der Waals surface area contributed by atoms with Crippen LogP contribution in [0.2, 0.25) is 0 Å². The molecule has 0 heterocycles. The van der Waals surface area contributed by atoms with E-state index < -0.39 is 19.5 Å². The highest BCUT2D eigenvalue weighted by molar-refractivity contribution is 6.60. The summed E-state index contributed by atoms with van der Waals surface area (Å²) in [4.78, 5) is 0. The molecule has 3 heteroatoms. The molecule has 4 aromatic rings. The van der Waals surface area contributed by atoms with E-state index in [1.54, 1.807) is 0 Å². The van der Waals surface area contributed by atoms with Gasteiger partial charge in [0.15, 0.2) is 19.5 Å². The summed E-state index contributed by atoms with van der Waals surface area (Å²) in [5.41, 5.74) is 5.55. The van der Waals surface area contributed by atoms with E-state index in [4.69, 9.17) is 4.12 Å². The van der Waals surface area contributed by atoms with Crippen LogP contribution in [0.15, 0.2) is 109 Å². The first-order chi connectivity index (χ1) is 14.4. The molecule has 0 fully saturated rings. The van der Waals surface area contributed by atoms with Crippen LogP contribution in [0, 0.1) is 0 Å². The van der Waals surface area contributed by atoms with Gasteiger partial charge in [-0.2, -0.15) is 0 Å². The van der Waals surface area contributed by atoms with Crippen LogP contribution in [0.4, 0.5) is 0 Å². The van der Waals surface area contributed by atoms with E-state index in [1.165, 1.54) is 32.6 Å². The van der Waals surface area contributed by atoms with Crippen molar-refractivity contribution in [1.29, 1.82) is 0 Å². The molecule has 0 aromatic heterocycles. The van der Waals surface area contributed by atoms with Crippen molar-refractivity contribution >= 4 is 29.9 Å². The monoisotopic (exact) mass is 410 g/mol. The van der Waals surface area contributed by atoms with Gasteiger partial charge in [0, 0.05) is 0 Å². The van der Waals surface area contributed by atoms with Gasteiger partial charge in [-0.1, -0.05) is 109 Å². The lowest BCUT2D eigenvalue weighted by Gasteiger charge is -2.12. The lowest BCUT2D eigenvalue weighted by Crippen LogP contribution is -2.29. The highest BCUT2D eigenvalue weighted by Crippen LogP contribution is 2.08. The average molecular weight is 411 g/mol. The summed E-state index contributed by atoms with van der Waals surface area (Å²) in [7, 11) is -1.45. The van der Waals surface area contributed by atoms with E-state index in [0.29, 0.717) is 0 Å². The second kappa shape index (κ2) is 10.2.